The highest BCUT2D eigenvalue weighted by atomic mass is 32.2. The van der Waals surface area contributed by atoms with Crippen molar-refractivity contribution in [3.8, 4) is 5.75 Å². The molecule has 0 bridgehead atoms. The molecule has 0 radical (unpaired) electrons. The molecule has 16 atom stereocenters. The Labute approximate surface area is 800 Å². The Morgan fingerprint density at radius 3 is 1.67 bits per heavy atom. The van der Waals surface area contributed by atoms with Gasteiger partial charge in [0.1, 0.15) is 90.3 Å². The van der Waals surface area contributed by atoms with Crippen LogP contribution < -0.4 is 75.7 Å². The van der Waals surface area contributed by atoms with Crippen molar-refractivity contribution in [1.29, 1.82) is 5.41 Å². The first kappa shape index (κ1) is 107. The molecule has 0 aliphatic carbocycles. The topological polar surface area (TPSA) is 653 Å². The van der Waals surface area contributed by atoms with E-state index < -0.39 is 260 Å². The maximum Gasteiger partial charge on any atom is 0.246 e. The number of carbonyl (C=O) groups is 17. The van der Waals surface area contributed by atoms with Gasteiger partial charge in [0.15, 0.2) is 5.96 Å². The largest absolute Gasteiger partial charge is 0.508 e. The number of guanidine groups is 1. The van der Waals surface area contributed by atoms with E-state index in [0.29, 0.717) is 64.4 Å². The van der Waals surface area contributed by atoms with E-state index in [4.69, 9.17) is 22.6 Å². The molecule has 9 rings (SSSR count). The van der Waals surface area contributed by atoms with Crippen molar-refractivity contribution in [2.24, 2.45) is 23.1 Å². The first-order chi connectivity index (χ1) is 65.2. The average molecular weight is 1940 g/mol. The Bertz CT molecular complexity index is 5290. The number of aromatic hydroxyl groups is 1. The molecular formula is C92H128N22O21S2. The zero-order valence-electron chi connectivity index (χ0n) is 77.9. The molecule has 3 aromatic carbocycles. The van der Waals surface area contributed by atoms with Gasteiger partial charge >= 0.3 is 0 Å². The molecule has 3 aliphatic rings. The van der Waals surface area contributed by atoms with Crippen LogP contribution in [0.3, 0.4) is 0 Å². The molecule has 3 aliphatic heterocycles. The number of thiophene rings is 1. The van der Waals surface area contributed by atoms with Gasteiger partial charge in [-0.15, -0.1) is 23.1 Å². The summed E-state index contributed by atoms with van der Waals surface area (Å²) in [5.74, 6) is -18.7. The summed E-state index contributed by atoms with van der Waals surface area (Å²) in [6.07, 6.45) is -1.33. The molecule has 0 spiro atoms. The number of carbonyl (C=O) groups excluding carboxylic acids is 17. The van der Waals surface area contributed by atoms with Gasteiger partial charge in [-0.2, -0.15) is 0 Å². The van der Waals surface area contributed by atoms with Crippen LogP contribution in [-0.4, -0.2) is 324 Å². The summed E-state index contributed by atoms with van der Waals surface area (Å²) < 4.78 is 0.807. The Balaban J connectivity index is 1.11. The Kier molecular flexibility index (Phi) is 40.0. The normalized spacial score (nSPS) is 25.1. The molecule has 43 nitrogen and oxygen atoms in total. The highest BCUT2D eigenvalue weighted by Gasteiger charge is 2.48. The summed E-state index contributed by atoms with van der Waals surface area (Å²) in [6, 6.07) is 0.477. The number of benzene rings is 3. The number of amides is 17. The number of nitrogens with one attached hydrogen (secondary N) is 14. The third kappa shape index (κ3) is 30.1. The van der Waals surface area contributed by atoms with E-state index in [1.165, 1.54) is 69.9 Å². The number of primary amides is 2. The molecule has 137 heavy (non-hydrogen) atoms. The second-order valence-corrected chi connectivity index (χ2v) is 37.1. The Morgan fingerprint density at radius 2 is 1.07 bits per heavy atom. The summed E-state index contributed by atoms with van der Waals surface area (Å²) in [5, 5.41) is 84.1. The SMILES string of the molecule is CCCC[C@H]1C(=O)N(C)[C@@H](CCCC)C(=O)N[C@@H](CCCNC(=N)N)C(=O)NC(C(=O)NCC(N)=O)CSCC(=O)N[C@@H](Cc2ccc(O)cc2)C(=O)N(C)[C@@H](C)C(=O)N[C@@H](CC(N)=O)C(=O)N2C[C@H](O)C[C@H]2C(=O)N[C@@H](Cc2ccc[nH]2)C(=O)N[C@@H](CC(C)C)C(=O)N2C[C@H](O)C[C@H]2C(=O)N[C@@H](Cc2c[nH]c3ccccc23)C(=O)N[C@@H](CO)C(=O)N[C@@H](Cc2csc3ccccc23)C(=O)N1C. The Morgan fingerprint density at radius 1 is 0.526 bits per heavy atom. The second kappa shape index (κ2) is 51.1. The van der Waals surface area contributed by atoms with Crippen LogP contribution in [0.1, 0.15) is 134 Å². The number of nitrogens with zero attached hydrogens (tertiary/aromatic N) is 5. The number of fused-ring (bicyclic) bond motifs is 4. The van der Waals surface area contributed by atoms with Gasteiger partial charge in [-0.1, -0.05) is 102 Å². The Hall–Kier alpha value is -13.3. The second-order valence-electron chi connectivity index (χ2n) is 35.2. The zero-order valence-corrected chi connectivity index (χ0v) is 79.5. The lowest BCUT2D eigenvalue weighted by Crippen LogP contribution is -2.62. The van der Waals surface area contributed by atoms with Gasteiger partial charge in [0.25, 0.3) is 0 Å². The van der Waals surface area contributed by atoms with Gasteiger partial charge in [-0.3, -0.25) is 86.9 Å². The number of likely N-dealkylation sites (N-methyl/N-ethyl adjacent to an activating group) is 3. The van der Waals surface area contributed by atoms with Crippen LogP contribution in [0.5, 0.6) is 5.75 Å². The van der Waals surface area contributed by atoms with Crippen molar-refractivity contribution < 1.29 is 102 Å². The van der Waals surface area contributed by atoms with E-state index in [0.717, 1.165) is 41.0 Å². The van der Waals surface area contributed by atoms with Crippen LogP contribution >= 0.6 is 23.1 Å². The smallest absolute Gasteiger partial charge is 0.246 e. The number of nitrogens with two attached hydrogens (primary N) is 3. The van der Waals surface area contributed by atoms with Crippen molar-refractivity contribution in [2.75, 3.05) is 65.4 Å². The van der Waals surface area contributed by atoms with Crippen molar-refractivity contribution in [1.82, 2.24) is 93.0 Å². The van der Waals surface area contributed by atoms with Crippen LogP contribution in [-0.2, 0) is 107 Å². The number of rotatable bonds is 26. The van der Waals surface area contributed by atoms with Gasteiger partial charge in [-0.05, 0) is 109 Å². The minimum Gasteiger partial charge on any atom is -0.508 e. The summed E-state index contributed by atoms with van der Waals surface area (Å²) in [5.41, 5.74) is 19.2. The average Bonchev–Trinajstić information content (AvgIpc) is 1.51. The molecule has 3 aromatic heterocycles. The number of aromatic amines is 2. The number of phenols is 1. The number of aliphatic hydroxyl groups is 3. The van der Waals surface area contributed by atoms with Crippen LogP contribution in [0.15, 0.2) is 103 Å². The first-order valence-electron chi connectivity index (χ1n) is 45.7. The lowest BCUT2D eigenvalue weighted by Gasteiger charge is -2.36. The molecule has 3 fully saturated rings. The van der Waals surface area contributed by atoms with Gasteiger partial charge < -0.3 is 131 Å². The van der Waals surface area contributed by atoms with E-state index in [-0.39, 0.29) is 76.0 Å². The number of H-pyrrole nitrogens is 2. The third-order valence-corrected chi connectivity index (χ3v) is 26.4. The molecule has 0 saturated carbocycles. The number of hydrogen-bond acceptors (Lipinski definition) is 24. The quantitative estimate of drug-likeness (QED) is 0.0150. The lowest BCUT2D eigenvalue weighted by molar-refractivity contribution is -0.149. The fourth-order valence-electron chi connectivity index (χ4n) is 16.8. The van der Waals surface area contributed by atoms with Crippen LogP contribution in [0.2, 0.25) is 0 Å². The highest BCUT2D eigenvalue weighted by molar-refractivity contribution is 8.00. The van der Waals surface area contributed by atoms with Crippen LogP contribution in [0.25, 0.3) is 21.0 Å². The number of aromatic nitrogens is 2. The number of thioether (sulfide) groups is 1. The van der Waals surface area contributed by atoms with Crippen LogP contribution in [0, 0.1) is 11.3 Å². The van der Waals surface area contributed by atoms with Crippen molar-refractivity contribution in [3.05, 3.63) is 125 Å². The van der Waals surface area contributed by atoms with Crippen LogP contribution in [0.4, 0.5) is 0 Å². The van der Waals surface area contributed by atoms with E-state index >= 15 is 38.4 Å². The fourth-order valence-corrected chi connectivity index (χ4v) is 18.6. The maximum absolute atomic E-state index is 15.8. The van der Waals surface area contributed by atoms with E-state index in [2.05, 4.69) is 68.5 Å². The molecule has 6 heterocycles. The van der Waals surface area contributed by atoms with E-state index in [1.54, 1.807) is 67.9 Å². The molecule has 1 unspecified atom stereocenters. The predicted molar refractivity (Wildman–Crippen MR) is 507 cm³/mol. The summed E-state index contributed by atoms with van der Waals surface area (Å²) >= 11 is 2.09. The number of unbranched alkanes of at least 4 members (excludes halogenated alkanes) is 2. The van der Waals surface area contributed by atoms with Crippen molar-refractivity contribution in [3.63, 3.8) is 0 Å². The summed E-state index contributed by atoms with van der Waals surface area (Å²) in [4.78, 5) is 262. The monoisotopic (exact) mass is 1940 g/mol. The molecule has 3 saturated heterocycles. The first-order valence-corrected chi connectivity index (χ1v) is 47.7. The number of hydrogen-bond donors (Lipinski definition) is 21. The summed E-state index contributed by atoms with van der Waals surface area (Å²) in [7, 11) is 3.88. The molecule has 17 amide bonds. The standard InChI is InChI=1S/C92H128N22O21S2/c1-9-11-24-70-84(128)102-61(23-18-32-98-92(95)96)80(124)109-69(79(123)100-42-76(94)120)47-136-48-77(121)101-65(34-51-27-29-55(116)30-28-51)87(131)110(6)50(5)78(122)105-67(40-75(93)119)90(134)114-44-57(118)39-73(114)86(130)104-63(37-54-19-17-31-97-54)82(126)106-64(33-49(3)4)89(133)113-43-56(117)38-72(113)85(129)103-62(35-52-41-99-60-22-15-13-20-58(52)60)81(125)108-68(45-115)83(127)107-66(36-53-46-137-74-26-16-14-21-59(53)74)88(132)112(8)71(25-12-10-2)91(135)111(70)7/h13-17,19-22,26-31,41,46,49-50,56-57,61-73,97,99,115-118H,9-12,18,23-25,32-40,42-45,47-48H2,1-8H3,(H2,93,119)(H2,94,120)(H,100,123)(H,101,121)(H,102,128)(H,103,129)(H,104,130)(H,105,122)(H,106,126)(H,107,127)(H,108,125)(H,109,124)(H4,95,96,98)/t50-,56+,57+,61-,62-,63-,64-,65-,66-,67-,68-,69?,70-,71-,72-,73-/m0/s1. The van der Waals surface area contributed by atoms with Crippen molar-refractivity contribution >= 4 is 150 Å². The molecule has 744 valence electrons. The van der Waals surface area contributed by atoms with Gasteiger partial charge in [0.2, 0.25) is 100 Å². The van der Waals surface area contributed by atoms with Gasteiger partial charge in [0.05, 0.1) is 37.5 Å². The molecule has 24 N–H and O–H groups in total. The summed E-state index contributed by atoms with van der Waals surface area (Å²) in [6.45, 7) is 5.47. The molecule has 45 heteroatoms. The fraction of sp³-hybridized carbons (Fsp3) is 0.522. The minimum atomic E-state index is -1.90. The highest BCUT2D eigenvalue weighted by Crippen LogP contribution is 2.30. The third-order valence-electron chi connectivity index (χ3n) is 24.3. The number of phenolic OH excluding ortho intramolecular Hbond substituents is 1. The molecule has 6 aromatic rings. The predicted octanol–water partition coefficient (Wildman–Crippen LogP) is -2.62. The van der Waals surface area contributed by atoms with Crippen molar-refractivity contribution in [2.45, 2.75) is 234 Å². The van der Waals surface area contributed by atoms with E-state index in [9.17, 15) is 63.6 Å². The maximum atomic E-state index is 15.8. The molecular weight excluding hydrogens is 1810 g/mol. The van der Waals surface area contributed by atoms with Gasteiger partial charge in [-0.25, -0.2) is 0 Å². The lowest BCUT2D eigenvalue weighted by atomic mass is 10.00. The van der Waals surface area contributed by atoms with E-state index in [1.807, 2.05) is 32.0 Å². The van der Waals surface area contributed by atoms with Gasteiger partial charge in [0, 0.05) is 119 Å². The minimum absolute atomic E-state index is 0.00957. The zero-order chi connectivity index (χ0) is 100. The number of aliphatic hydroxyl groups excluding tert-OH is 3. The number of para-hydroxylation sites is 1.